The van der Waals surface area contributed by atoms with Gasteiger partial charge in [-0.15, -0.1) is 12.4 Å². The summed E-state index contributed by atoms with van der Waals surface area (Å²) in [5.74, 6) is 1.05. The molecule has 2 heterocycles. The van der Waals surface area contributed by atoms with Crippen molar-refractivity contribution in [3.8, 4) is 0 Å². The molecule has 1 fully saturated rings. The Balaban J connectivity index is 0.00000240. The summed E-state index contributed by atoms with van der Waals surface area (Å²) in [6, 6.07) is 15.0. The zero-order chi connectivity index (χ0) is 19.5. The highest BCUT2D eigenvalue weighted by molar-refractivity contribution is 5.86. The van der Waals surface area contributed by atoms with Crippen LogP contribution in [0.2, 0.25) is 0 Å². The first kappa shape index (κ1) is 21.3. The van der Waals surface area contributed by atoms with Gasteiger partial charge in [-0.1, -0.05) is 47.6 Å². The average Bonchev–Trinajstić information content (AvgIpc) is 3.04. The molecular weight excluding hydrogens is 386 g/mol. The number of amides is 1. The van der Waals surface area contributed by atoms with Crippen LogP contribution in [0.25, 0.3) is 10.8 Å². The van der Waals surface area contributed by atoms with E-state index in [2.05, 4.69) is 52.5 Å². The van der Waals surface area contributed by atoms with Crippen molar-refractivity contribution in [1.29, 1.82) is 0 Å². The molecule has 0 saturated carbocycles. The Bertz CT molecular complexity index is 952. The number of rotatable bonds is 5. The van der Waals surface area contributed by atoms with Crippen molar-refractivity contribution in [2.45, 2.75) is 33.2 Å². The summed E-state index contributed by atoms with van der Waals surface area (Å²) in [7, 11) is 0. The zero-order valence-corrected chi connectivity index (χ0v) is 17.9. The Hall–Kier alpha value is -2.37. The highest BCUT2D eigenvalue weighted by Gasteiger charge is 2.22. The average molecular weight is 414 g/mol. The monoisotopic (exact) mass is 413 g/mol. The lowest BCUT2D eigenvalue weighted by molar-refractivity contribution is -0.133. The van der Waals surface area contributed by atoms with Crippen LogP contribution in [0.3, 0.4) is 0 Å². The normalized spacial score (nSPS) is 14.8. The van der Waals surface area contributed by atoms with Gasteiger partial charge in [0.15, 0.2) is 0 Å². The van der Waals surface area contributed by atoms with E-state index in [0.29, 0.717) is 12.8 Å². The number of carbonyl (C=O) groups is 1. The van der Waals surface area contributed by atoms with Gasteiger partial charge in [-0.2, -0.15) is 0 Å². The topological polar surface area (TPSA) is 49.6 Å². The van der Waals surface area contributed by atoms with Crippen molar-refractivity contribution < 1.29 is 9.32 Å². The minimum Gasteiger partial charge on any atom is -0.361 e. The van der Waals surface area contributed by atoms with E-state index in [1.165, 1.54) is 16.3 Å². The summed E-state index contributed by atoms with van der Waals surface area (Å²) in [4.78, 5) is 17.1. The van der Waals surface area contributed by atoms with Crippen LogP contribution in [0.4, 0.5) is 0 Å². The summed E-state index contributed by atoms with van der Waals surface area (Å²) in [6.45, 7) is 8.20. The number of piperazine rings is 1. The number of hydrogen-bond acceptors (Lipinski definition) is 4. The molecule has 1 aliphatic rings. The van der Waals surface area contributed by atoms with Crippen LogP contribution in [-0.2, 0) is 17.8 Å². The Kier molecular flexibility index (Phi) is 6.93. The molecular formula is C23H28ClN3O2. The Morgan fingerprint density at radius 2 is 1.76 bits per heavy atom. The van der Waals surface area contributed by atoms with E-state index in [4.69, 9.17) is 4.52 Å². The first-order valence-electron chi connectivity index (χ1n) is 10.0. The van der Waals surface area contributed by atoms with Crippen molar-refractivity contribution in [2.24, 2.45) is 0 Å². The van der Waals surface area contributed by atoms with Crippen LogP contribution in [0.5, 0.6) is 0 Å². The highest BCUT2D eigenvalue weighted by Crippen LogP contribution is 2.21. The third-order valence-corrected chi connectivity index (χ3v) is 5.77. The maximum Gasteiger partial charge on any atom is 0.222 e. The lowest BCUT2D eigenvalue weighted by atomic mass is 10.0. The second kappa shape index (κ2) is 9.42. The van der Waals surface area contributed by atoms with Gasteiger partial charge in [-0.3, -0.25) is 9.69 Å². The van der Waals surface area contributed by atoms with Crippen molar-refractivity contribution >= 4 is 29.1 Å². The number of halogens is 1. The highest BCUT2D eigenvalue weighted by atomic mass is 35.5. The molecule has 1 aromatic heterocycles. The van der Waals surface area contributed by atoms with Crippen molar-refractivity contribution in [3.05, 3.63) is 65.0 Å². The number of fused-ring (bicyclic) bond motifs is 1. The van der Waals surface area contributed by atoms with Crippen LogP contribution < -0.4 is 0 Å². The standard InChI is InChI=1S/C23H27N3O2.ClH/c1-17-21(18(2)28-24-17)10-11-23(27)26-14-12-25(13-15-26)16-20-8-5-7-19-6-3-4-9-22(19)20;/h3-9H,10-16H2,1-2H3;1H. The molecule has 0 unspecified atom stereocenters. The van der Waals surface area contributed by atoms with Crippen molar-refractivity contribution in [2.75, 3.05) is 26.2 Å². The van der Waals surface area contributed by atoms with E-state index in [1.807, 2.05) is 18.7 Å². The molecule has 0 bridgehead atoms. The number of benzene rings is 2. The molecule has 1 saturated heterocycles. The molecule has 6 heteroatoms. The lowest BCUT2D eigenvalue weighted by Gasteiger charge is -2.35. The Morgan fingerprint density at radius 1 is 1.03 bits per heavy atom. The fourth-order valence-corrected chi connectivity index (χ4v) is 4.08. The maximum absolute atomic E-state index is 12.6. The van der Waals surface area contributed by atoms with Crippen LogP contribution >= 0.6 is 12.4 Å². The minimum atomic E-state index is 0. The maximum atomic E-state index is 12.6. The van der Waals surface area contributed by atoms with E-state index in [1.54, 1.807) is 0 Å². The molecule has 0 atom stereocenters. The smallest absolute Gasteiger partial charge is 0.222 e. The molecule has 2 aromatic carbocycles. The first-order valence-corrected chi connectivity index (χ1v) is 10.0. The van der Waals surface area contributed by atoms with E-state index in [-0.39, 0.29) is 18.3 Å². The van der Waals surface area contributed by atoms with E-state index in [9.17, 15) is 4.79 Å². The molecule has 1 amide bonds. The second-order valence-electron chi connectivity index (χ2n) is 7.60. The second-order valence-corrected chi connectivity index (χ2v) is 7.60. The predicted molar refractivity (Wildman–Crippen MR) is 117 cm³/mol. The fourth-order valence-electron chi connectivity index (χ4n) is 4.08. The van der Waals surface area contributed by atoms with Gasteiger partial charge in [-0.05, 0) is 36.6 Å². The molecule has 0 N–H and O–H groups in total. The summed E-state index contributed by atoms with van der Waals surface area (Å²) in [5, 5.41) is 6.58. The van der Waals surface area contributed by atoms with Gasteiger partial charge in [0.25, 0.3) is 0 Å². The molecule has 0 radical (unpaired) electrons. The van der Waals surface area contributed by atoms with Crippen LogP contribution in [0.15, 0.2) is 47.0 Å². The third kappa shape index (κ3) is 4.80. The molecule has 1 aliphatic heterocycles. The van der Waals surface area contributed by atoms with Gasteiger partial charge in [0.05, 0.1) is 5.69 Å². The van der Waals surface area contributed by atoms with Crippen LogP contribution in [0, 0.1) is 13.8 Å². The number of carbonyl (C=O) groups excluding carboxylic acids is 1. The Morgan fingerprint density at radius 3 is 2.48 bits per heavy atom. The van der Waals surface area contributed by atoms with Crippen molar-refractivity contribution in [3.63, 3.8) is 0 Å². The summed E-state index contributed by atoms with van der Waals surface area (Å²) >= 11 is 0. The van der Waals surface area contributed by atoms with Crippen LogP contribution in [0.1, 0.15) is 29.0 Å². The number of aryl methyl sites for hydroxylation is 2. The molecule has 0 aliphatic carbocycles. The molecule has 0 spiro atoms. The van der Waals surface area contributed by atoms with Gasteiger partial charge in [-0.25, -0.2) is 0 Å². The van der Waals surface area contributed by atoms with E-state index in [0.717, 1.165) is 49.7 Å². The molecule has 4 rings (SSSR count). The first-order chi connectivity index (χ1) is 13.6. The van der Waals surface area contributed by atoms with Gasteiger partial charge in [0.1, 0.15) is 5.76 Å². The van der Waals surface area contributed by atoms with Gasteiger partial charge < -0.3 is 9.42 Å². The predicted octanol–water partition coefficient (Wildman–Crippen LogP) is 4.14. The Labute approximate surface area is 178 Å². The lowest BCUT2D eigenvalue weighted by Crippen LogP contribution is -2.48. The third-order valence-electron chi connectivity index (χ3n) is 5.77. The number of hydrogen-bond donors (Lipinski definition) is 0. The minimum absolute atomic E-state index is 0. The summed E-state index contributed by atoms with van der Waals surface area (Å²) in [6.07, 6.45) is 1.22. The molecule has 29 heavy (non-hydrogen) atoms. The SMILES string of the molecule is Cc1noc(C)c1CCC(=O)N1CCN(Cc2cccc3ccccc23)CC1.Cl. The van der Waals surface area contributed by atoms with Gasteiger partial charge >= 0.3 is 0 Å². The fraction of sp³-hybridized carbons (Fsp3) is 0.391. The van der Waals surface area contributed by atoms with E-state index < -0.39 is 0 Å². The quantitative estimate of drug-likeness (QED) is 0.630. The molecule has 5 nitrogen and oxygen atoms in total. The summed E-state index contributed by atoms with van der Waals surface area (Å²) < 4.78 is 5.19. The van der Waals surface area contributed by atoms with Gasteiger partial charge in [0.2, 0.25) is 5.91 Å². The number of nitrogens with zero attached hydrogens (tertiary/aromatic N) is 3. The largest absolute Gasteiger partial charge is 0.361 e. The van der Waals surface area contributed by atoms with Gasteiger partial charge in [0, 0.05) is 44.7 Å². The van der Waals surface area contributed by atoms with Crippen LogP contribution in [-0.4, -0.2) is 47.0 Å². The summed E-state index contributed by atoms with van der Waals surface area (Å²) in [5.41, 5.74) is 3.32. The molecule has 154 valence electrons. The zero-order valence-electron chi connectivity index (χ0n) is 17.1. The van der Waals surface area contributed by atoms with E-state index >= 15 is 0 Å². The molecule has 3 aromatic rings. The van der Waals surface area contributed by atoms with Crippen molar-refractivity contribution in [1.82, 2.24) is 15.0 Å². The number of aromatic nitrogens is 1.